The van der Waals surface area contributed by atoms with E-state index < -0.39 is 0 Å². The van der Waals surface area contributed by atoms with Crippen molar-refractivity contribution in [3.8, 4) is 5.75 Å². The first-order valence-corrected chi connectivity index (χ1v) is 9.32. The highest BCUT2D eigenvalue weighted by molar-refractivity contribution is 6.32. The number of carbonyl (C=O) groups excluding carboxylic acids is 2. The Hall–Kier alpha value is -1.83. The van der Waals surface area contributed by atoms with Crippen molar-refractivity contribution in [3.05, 3.63) is 23.2 Å². The quantitative estimate of drug-likeness (QED) is 0.762. The smallest absolute Gasteiger partial charge is 0.279 e. The molecule has 1 aromatic rings. The maximum absolute atomic E-state index is 12.3. The molecule has 0 bridgehead atoms. The number of hydrogen-bond donors (Lipinski definition) is 2. The van der Waals surface area contributed by atoms with Gasteiger partial charge in [-0.3, -0.25) is 9.59 Å². The van der Waals surface area contributed by atoms with Crippen molar-refractivity contribution in [2.45, 2.75) is 18.9 Å². The number of carbonyl (C=O) groups is 2. The zero-order chi connectivity index (χ0) is 18.5. The Labute approximate surface area is 158 Å². The van der Waals surface area contributed by atoms with E-state index in [9.17, 15) is 9.59 Å². The van der Waals surface area contributed by atoms with E-state index in [1.165, 1.54) is 4.90 Å². The predicted octanol–water partition coefficient (Wildman–Crippen LogP) is 0.193. The molecular weight excluding hydrogens is 358 g/mol. The molecule has 2 aliphatic rings. The molecule has 0 aliphatic carbocycles. The summed E-state index contributed by atoms with van der Waals surface area (Å²) >= 11 is 6.08. The Kier molecular flexibility index (Phi) is 6.34. The van der Waals surface area contributed by atoms with Crippen LogP contribution in [0, 0.1) is 0 Å². The van der Waals surface area contributed by atoms with Crippen LogP contribution in [0.25, 0.3) is 0 Å². The molecule has 2 heterocycles. The Bertz CT molecular complexity index is 656. The second-order valence-corrected chi connectivity index (χ2v) is 7.06. The molecule has 1 atom stereocenters. The highest BCUT2D eigenvalue weighted by Crippen LogP contribution is 2.27. The van der Waals surface area contributed by atoms with Gasteiger partial charge in [0.1, 0.15) is 11.9 Å². The van der Waals surface area contributed by atoms with Crippen molar-refractivity contribution in [1.29, 1.82) is 0 Å². The first-order valence-electron chi connectivity index (χ1n) is 8.94. The summed E-state index contributed by atoms with van der Waals surface area (Å²) in [7, 11) is 1.55. The van der Waals surface area contributed by atoms with Crippen LogP contribution in [-0.4, -0.2) is 69.3 Å². The van der Waals surface area contributed by atoms with Crippen molar-refractivity contribution in [1.82, 2.24) is 4.90 Å². The number of hydrogen-bond acceptors (Lipinski definition) is 4. The number of ether oxygens (including phenoxy) is 2. The number of piperazine rings is 1. The molecule has 0 aromatic heterocycles. The molecule has 2 saturated heterocycles. The molecule has 7 nitrogen and oxygen atoms in total. The summed E-state index contributed by atoms with van der Waals surface area (Å²) in [5.74, 6) is 0.598. The fraction of sp³-hybridized carbons (Fsp3) is 0.556. The monoisotopic (exact) mass is 382 g/mol. The van der Waals surface area contributed by atoms with Crippen LogP contribution in [0.1, 0.15) is 12.8 Å². The van der Waals surface area contributed by atoms with Crippen LogP contribution in [0.4, 0.5) is 5.69 Å². The van der Waals surface area contributed by atoms with Gasteiger partial charge in [-0.2, -0.15) is 0 Å². The molecule has 2 N–H and O–H groups in total. The topological polar surface area (TPSA) is 72.3 Å². The fourth-order valence-corrected chi connectivity index (χ4v) is 3.63. The van der Waals surface area contributed by atoms with E-state index >= 15 is 0 Å². The van der Waals surface area contributed by atoms with Crippen LogP contribution in [0.5, 0.6) is 5.75 Å². The van der Waals surface area contributed by atoms with Gasteiger partial charge in [-0.25, -0.2) is 0 Å². The van der Waals surface area contributed by atoms with E-state index in [2.05, 4.69) is 5.32 Å². The first kappa shape index (κ1) is 18.9. The molecule has 2 fully saturated rings. The SMILES string of the molecule is COc1ccc(NC(=O)C[NH+]2CCN(C(=O)[C@H]3CCCO3)CC2)cc1Cl. The number of nitrogens with one attached hydrogen (secondary N) is 2. The molecule has 0 spiro atoms. The van der Waals surface area contributed by atoms with Crippen molar-refractivity contribution < 1.29 is 24.0 Å². The van der Waals surface area contributed by atoms with Crippen LogP contribution in [-0.2, 0) is 14.3 Å². The van der Waals surface area contributed by atoms with Crippen molar-refractivity contribution in [2.75, 3.05) is 51.8 Å². The normalized spacial score (nSPS) is 20.8. The molecule has 3 rings (SSSR count). The maximum Gasteiger partial charge on any atom is 0.279 e. The van der Waals surface area contributed by atoms with Crippen molar-refractivity contribution in [3.63, 3.8) is 0 Å². The zero-order valence-corrected chi connectivity index (χ0v) is 15.7. The molecule has 2 aliphatic heterocycles. The standard InChI is InChI=1S/C18H24ClN3O4/c1-25-15-5-4-13(11-14(15)19)20-17(23)12-21-6-8-22(9-7-21)18(24)16-3-2-10-26-16/h4-5,11,16H,2-3,6-10,12H2,1H3,(H,20,23)/p+1/t16-/m1/s1. The van der Waals surface area contributed by atoms with E-state index in [4.69, 9.17) is 21.1 Å². The average Bonchev–Trinajstić information content (AvgIpc) is 3.16. The summed E-state index contributed by atoms with van der Waals surface area (Å²) in [5, 5.41) is 3.32. The highest BCUT2D eigenvalue weighted by Gasteiger charge is 2.32. The molecule has 0 radical (unpaired) electrons. The zero-order valence-electron chi connectivity index (χ0n) is 14.9. The number of quaternary nitrogens is 1. The fourth-order valence-electron chi connectivity index (χ4n) is 3.37. The highest BCUT2D eigenvalue weighted by atomic mass is 35.5. The lowest BCUT2D eigenvalue weighted by atomic mass is 10.2. The summed E-state index contributed by atoms with van der Waals surface area (Å²) in [4.78, 5) is 27.6. The molecule has 0 unspecified atom stereocenters. The van der Waals surface area contributed by atoms with E-state index in [1.54, 1.807) is 25.3 Å². The van der Waals surface area contributed by atoms with Gasteiger partial charge in [0, 0.05) is 12.3 Å². The molecule has 142 valence electrons. The molecule has 2 amide bonds. The van der Waals surface area contributed by atoms with Crippen molar-refractivity contribution in [2.24, 2.45) is 0 Å². The molecule has 0 saturated carbocycles. The summed E-state index contributed by atoms with van der Waals surface area (Å²) in [5.41, 5.74) is 0.646. The number of anilines is 1. The summed E-state index contributed by atoms with van der Waals surface area (Å²) in [6.45, 7) is 3.89. The van der Waals surface area contributed by atoms with Crippen molar-refractivity contribution >= 4 is 29.1 Å². The maximum atomic E-state index is 12.3. The van der Waals surface area contributed by atoms with E-state index in [0.717, 1.165) is 25.9 Å². The van der Waals surface area contributed by atoms with Gasteiger partial charge in [-0.05, 0) is 31.0 Å². The minimum atomic E-state index is -0.264. The number of halogens is 1. The minimum absolute atomic E-state index is 0.0693. The lowest BCUT2D eigenvalue weighted by Gasteiger charge is -2.33. The Balaban J connectivity index is 1.44. The Morgan fingerprint density at radius 3 is 2.77 bits per heavy atom. The van der Waals surface area contributed by atoms with Gasteiger partial charge < -0.3 is 24.6 Å². The van der Waals surface area contributed by atoms with Crippen LogP contribution in [0.15, 0.2) is 18.2 Å². The molecule has 26 heavy (non-hydrogen) atoms. The number of benzene rings is 1. The van der Waals surface area contributed by atoms with Gasteiger partial charge in [0.2, 0.25) is 0 Å². The predicted molar refractivity (Wildman–Crippen MR) is 97.8 cm³/mol. The first-order chi connectivity index (χ1) is 12.6. The number of amides is 2. The molecule has 8 heteroatoms. The lowest BCUT2D eigenvalue weighted by Crippen LogP contribution is -3.15. The van der Waals surface area contributed by atoms with Crippen LogP contribution >= 0.6 is 11.6 Å². The second-order valence-electron chi connectivity index (χ2n) is 6.65. The minimum Gasteiger partial charge on any atom is -0.495 e. The third-order valence-electron chi connectivity index (χ3n) is 4.83. The molecule has 1 aromatic carbocycles. The Morgan fingerprint density at radius 2 is 2.15 bits per heavy atom. The number of rotatable bonds is 5. The van der Waals surface area contributed by atoms with Crippen LogP contribution in [0.2, 0.25) is 5.02 Å². The van der Waals surface area contributed by atoms with Gasteiger partial charge >= 0.3 is 0 Å². The second kappa shape index (κ2) is 8.70. The summed E-state index contributed by atoms with van der Waals surface area (Å²) < 4.78 is 10.6. The lowest BCUT2D eigenvalue weighted by molar-refractivity contribution is -0.895. The van der Waals surface area contributed by atoms with Gasteiger partial charge in [-0.1, -0.05) is 11.6 Å². The largest absolute Gasteiger partial charge is 0.495 e. The van der Waals surface area contributed by atoms with Crippen LogP contribution < -0.4 is 15.0 Å². The third-order valence-corrected chi connectivity index (χ3v) is 5.13. The van der Waals surface area contributed by atoms with E-state index in [0.29, 0.717) is 42.7 Å². The summed E-state index contributed by atoms with van der Waals surface area (Å²) in [6.07, 6.45) is 1.51. The summed E-state index contributed by atoms with van der Waals surface area (Å²) in [6, 6.07) is 5.16. The number of methoxy groups -OCH3 is 1. The number of nitrogens with zero attached hydrogens (tertiary/aromatic N) is 1. The van der Waals surface area contributed by atoms with E-state index in [-0.39, 0.29) is 17.9 Å². The van der Waals surface area contributed by atoms with Gasteiger partial charge in [0.25, 0.3) is 11.8 Å². The van der Waals surface area contributed by atoms with Gasteiger partial charge in [-0.15, -0.1) is 0 Å². The Morgan fingerprint density at radius 1 is 1.38 bits per heavy atom. The average molecular weight is 383 g/mol. The third kappa shape index (κ3) is 4.66. The van der Waals surface area contributed by atoms with Gasteiger partial charge in [0.05, 0.1) is 38.3 Å². The van der Waals surface area contributed by atoms with E-state index in [1.807, 2.05) is 4.90 Å². The van der Waals surface area contributed by atoms with Crippen LogP contribution in [0.3, 0.4) is 0 Å². The molecular formula is C18H25ClN3O4+. The van der Waals surface area contributed by atoms with Gasteiger partial charge in [0.15, 0.2) is 6.54 Å².